The molecule has 0 bridgehead atoms. The average Bonchev–Trinajstić information content (AvgIpc) is 3.73. The van der Waals surface area contributed by atoms with Gasteiger partial charge in [0.05, 0.1) is 30.1 Å². The molecular formula is C38H36N6O4S. The Morgan fingerprint density at radius 3 is 2.61 bits per heavy atom. The van der Waals surface area contributed by atoms with E-state index in [2.05, 4.69) is 26.4 Å². The predicted octanol–water partition coefficient (Wildman–Crippen LogP) is 7.38. The van der Waals surface area contributed by atoms with Crippen molar-refractivity contribution in [2.24, 2.45) is 0 Å². The highest BCUT2D eigenvalue weighted by Crippen LogP contribution is 2.33. The van der Waals surface area contributed by atoms with E-state index in [1.807, 2.05) is 104 Å². The lowest BCUT2D eigenvalue weighted by molar-refractivity contribution is 0.00638. The lowest BCUT2D eigenvalue weighted by Crippen LogP contribution is -2.33. The minimum atomic E-state index is -0.703. The molecule has 0 radical (unpaired) electrons. The summed E-state index contributed by atoms with van der Waals surface area (Å²) in [6.45, 7) is 7.24. The predicted molar refractivity (Wildman–Crippen MR) is 191 cm³/mol. The fourth-order valence-corrected chi connectivity index (χ4v) is 6.83. The summed E-state index contributed by atoms with van der Waals surface area (Å²) in [7, 11) is 1.62. The van der Waals surface area contributed by atoms with E-state index >= 15 is 0 Å². The van der Waals surface area contributed by atoms with Crippen molar-refractivity contribution in [1.29, 1.82) is 0 Å². The van der Waals surface area contributed by atoms with Crippen LogP contribution in [0.2, 0.25) is 0 Å². The van der Waals surface area contributed by atoms with Gasteiger partial charge in [-0.15, -0.1) is 0 Å². The average molecular weight is 673 g/mol. The second-order valence-corrected chi connectivity index (χ2v) is 13.9. The van der Waals surface area contributed by atoms with Crippen LogP contribution in [0.4, 0.5) is 10.9 Å². The molecule has 1 aliphatic heterocycles. The van der Waals surface area contributed by atoms with E-state index in [1.165, 1.54) is 11.3 Å². The largest absolute Gasteiger partial charge is 0.497 e. The highest BCUT2D eigenvalue weighted by Gasteiger charge is 2.27. The van der Waals surface area contributed by atoms with Crippen LogP contribution in [0.5, 0.6) is 5.75 Å². The van der Waals surface area contributed by atoms with Crippen LogP contribution in [0, 0.1) is 0 Å². The van der Waals surface area contributed by atoms with Gasteiger partial charge in [0.2, 0.25) is 0 Å². The van der Waals surface area contributed by atoms with Gasteiger partial charge in [-0.2, -0.15) is 5.10 Å². The highest BCUT2D eigenvalue weighted by atomic mass is 32.1. The number of aromatic nitrogens is 4. The minimum absolute atomic E-state index is 0.218. The number of fused-ring (bicyclic) bond motifs is 2. The van der Waals surface area contributed by atoms with Crippen molar-refractivity contribution in [2.75, 3.05) is 23.9 Å². The van der Waals surface area contributed by atoms with Crippen LogP contribution in [0.15, 0.2) is 91.3 Å². The smallest absolute Gasteiger partial charge is 0.358 e. The molecule has 6 aromatic rings. The number of amides is 1. The molecule has 1 aliphatic rings. The zero-order chi connectivity index (χ0) is 34.1. The van der Waals surface area contributed by atoms with Crippen LogP contribution in [-0.2, 0) is 24.2 Å². The number of nitrogens with one attached hydrogen (secondary N) is 1. The van der Waals surface area contributed by atoms with Crippen LogP contribution in [0.1, 0.15) is 58.3 Å². The van der Waals surface area contributed by atoms with Crippen molar-refractivity contribution in [3.63, 3.8) is 0 Å². The maximum absolute atomic E-state index is 13.7. The first-order chi connectivity index (χ1) is 23.6. The van der Waals surface area contributed by atoms with Crippen molar-refractivity contribution in [2.45, 2.75) is 45.9 Å². The fraction of sp³-hybridized carbons (Fsp3) is 0.237. The van der Waals surface area contributed by atoms with Gasteiger partial charge in [0, 0.05) is 36.0 Å². The first kappa shape index (κ1) is 32.0. The summed E-state index contributed by atoms with van der Waals surface area (Å²) in [5.74, 6) is 0.629. The number of hydrogen-bond acceptors (Lipinski definition) is 9. The molecule has 0 atom stereocenters. The molecule has 10 nitrogen and oxygen atoms in total. The van der Waals surface area contributed by atoms with Crippen molar-refractivity contribution in [3.05, 3.63) is 119 Å². The van der Waals surface area contributed by atoms with E-state index in [0.29, 0.717) is 41.7 Å². The zero-order valence-electron chi connectivity index (χ0n) is 27.8. The monoisotopic (exact) mass is 672 g/mol. The van der Waals surface area contributed by atoms with Gasteiger partial charge in [0.15, 0.2) is 10.8 Å². The van der Waals surface area contributed by atoms with Crippen molar-refractivity contribution >= 4 is 44.4 Å². The summed E-state index contributed by atoms with van der Waals surface area (Å²) in [6.07, 6.45) is 4.38. The van der Waals surface area contributed by atoms with Crippen LogP contribution < -0.4 is 15.0 Å². The molecule has 0 unspecified atom stereocenters. The molecule has 0 saturated heterocycles. The summed E-state index contributed by atoms with van der Waals surface area (Å²) in [5, 5.41) is 8.08. The van der Waals surface area contributed by atoms with Crippen LogP contribution in [-0.4, -0.2) is 50.9 Å². The molecule has 0 spiro atoms. The summed E-state index contributed by atoms with van der Waals surface area (Å²) < 4.78 is 13.9. The molecule has 0 fully saturated rings. The van der Waals surface area contributed by atoms with Gasteiger partial charge in [0.1, 0.15) is 17.2 Å². The van der Waals surface area contributed by atoms with Gasteiger partial charge in [-0.3, -0.25) is 14.8 Å². The number of carbonyl (C=O) groups is 2. The van der Waals surface area contributed by atoms with Gasteiger partial charge in [-0.1, -0.05) is 53.8 Å². The quantitative estimate of drug-likeness (QED) is 0.167. The van der Waals surface area contributed by atoms with Crippen LogP contribution in [0.25, 0.3) is 21.3 Å². The maximum Gasteiger partial charge on any atom is 0.358 e. The van der Waals surface area contributed by atoms with E-state index in [-0.39, 0.29) is 11.6 Å². The Balaban J connectivity index is 1.16. The molecule has 3 aromatic heterocycles. The number of esters is 1. The molecule has 0 aliphatic carbocycles. The Morgan fingerprint density at radius 2 is 1.82 bits per heavy atom. The van der Waals surface area contributed by atoms with Gasteiger partial charge in [-0.25, -0.2) is 14.8 Å². The number of benzene rings is 3. The second-order valence-electron chi connectivity index (χ2n) is 12.9. The number of ether oxygens (including phenoxy) is 2. The normalized spacial score (nSPS) is 12.9. The molecule has 248 valence electrons. The Bertz CT molecular complexity index is 2170. The molecule has 7 rings (SSSR count). The summed E-state index contributed by atoms with van der Waals surface area (Å²) in [6, 6.07) is 25.3. The molecule has 4 heterocycles. The topological polar surface area (TPSA) is 111 Å². The molecular weight excluding hydrogens is 637 g/mol. The number of carbonyl (C=O) groups excluding carboxylic acids is 2. The maximum atomic E-state index is 13.7. The summed E-state index contributed by atoms with van der Waals surface area (Å²) >= 11 is 1.40. The standard InChI is InChI=1S/C38H36N6O4S/c1-38(2,3)48-36(46)34-28(26-20-39-44(22-26)21-24-9-6-5-7-10-24)14-16-33(41-34)43-18-17-25-11-8-12-29(30(25)23-43)35(45)42-37-40-31-15-13-27(47-4)19-32(31)49-37/h5-16,19-20,22H,17-18,21,23H2,1-4H3,(H,40,42,45). The molecule has 11 heteroatoms. The second kappa shape index (κ2) is 13.2. The van der Waals surface area contributed by atoms with E-state index in [0.717, 1.165) is 44.6 Å². The van der Waals surface area contributed by atoms with Gasteiger partial charge in [-0.05, 0) is 80.3 Å². The van der Waals surface area contributed by atoms with E-state index in [4.69, 9.17) is 14.5 Å². The Morgan fingerprint density at radius 1 is 0.980 bits per heavy atom. The molecule has 1 amide bonds. The zero-order valence-corrected chi connectivity index (χ0v) is 28.6. The molecule has 49 heavy (non-hydrogen) atoms. The number of pyridine rings is 1. The Kier molecular flexibility index (Phi) is 8.60. The van der Waals surface area contributed by atoms with Crippen molar-refractivity contribution < 1.29 is 19.1 Å². The Hall–Kier alpha value is -5.55. The number of nitrogens with zero attached hydrogens (tertiary/aromatic N) is 5. The number of thiazole rings is 1. The highest BCUT2D eigenvalue weighted by molar-refractivity contribution is 7.22. The lowest BCUT2D eigenvalue weighted by atomic mass is 9.94. The number of anilines is 2. The van der Waals surface area contributed by atoms with Gasteiger partial charge < -0.3 is 14.4 Å². The van der Waals surface area contributed by atoms with Crippen molar-refractivity contribution in [3.8, 4) is 16.9 Å². The lowest BCUT2D eigenvalue weighted by Gasteiger charge is -2.31. The minimum Gasteiger partial charge on any atom is -0.497 e. The van der Waals surface area contributed by atoms with E-state index < -0.39 is 11.6 Å². The number of methoxy groups -OCH3 is 1. The van der Waals surface area contributed by atoms with Gasteiger partial charge in [0.25, 0.3) is 5.91 Å². The van der Waals surface area contributed by atoms with Crippen LogP contribution >= 0.6 is 11.3 Å². The van der Waals surface area contributed by atoms with E-state index in [1.54, 1.807) is 13.3 Å². The third-order valence-electron chi connectivity index (χ3n) is 8.26. The summed E-state index contributed by atoms with van der Waals surface area (Å²) in [4.78, 5) is 38.9. The summed E-state index contributed by atoms with van der Waals surface area (Å²) in [5.41, 5.74) is 5.44. The number of rotatable bonds is 8. The SMILES string of the molecule is COc1ccc2nc(NC(=O)c3cccc4c3CN(c3ccc(-c5cnn(Cc6ccccc6)c5)c(C(=O)OC(C)(C)C)n3)CC4)sc2c1. The van der Waals surface area contributed by atoms with E-state index in [9.17, 15) is 9.59 Å². The third-order valence-corrected chi connectivity index (χ3v) is 9.20. The Labute approximate surface area is 288 Å². The first-order valence-corrected chi connectivity index (χ1v) is 16.9. The first-order valence-electron chi connectivity index (χ1n) is 16.1. The molecule has 0 saturated carbocycles. The molecule has 1 N–H and O–H groups in total. The number of hydrogen-bond donors (Lipinski definition) is 1. The van der Waals surface area contributed by atoms with Crippen LogP contribution in [0.3, 0.4) is 0 Å². The fourth-order valence-electron chi connectivity index (χ4n) is 5.94. The third kappa shape index (κ3) is 7.02. The molecule has 3 aromatic carbocycles. The van der Waals surface area contributed by atoms with Gasteiger partial charge >= 0.3 is 5.97 Å². The van der Waals surface area contributed by atoms with Crippen molar-refractivity contribution in [1.82, 2.24) is 19.7 Å².